The number of rotatable bonds is 6. The molecule has 0 spiro atoms. The molecule has 1 aliphatic heterocycles. The average Bonchev–Trinajstić information content (AvgIpc) is 3.39. The Morgan fingerprint density at radius 2 is 2.00 bits per heavy atom. The monoisotopic (exact) mass is 464 g/mol. The second-order valence-corrected chi connectivity index (χ2v) is 8.35. The highest BCUT2D eigenvalue weighted by atomic mass is 19.4. The van der Waals surface area contributed by atoms with Crippen molar-refractivity contribution >= 4 is 17.6 Å². The minimum atomic E-state index is -4.22. The lowest BCUT2D eigenvalue weighted by molar-refractivity contribution is -0.176. The number of aromatic nitrogens is 6. The fourth-order valence-corrected chi connectivity index (χ4v) is 3.89. The molecule has 1 aromatic carbocycles. The van der Waals surface area contributed by atoms with Crippen LogP contribution in [-0.4, -0.2) is 55.9 Å². The fourth-order valence-electron chi connectivity index (χ4n) is 3.89. The Hall–Kier alpha value is -3.31. The molecular weight excluding hydrogens is 437 g/mol. The summed E-state index contributed by atoms with van der Waals surface area (Å²) in [4.78, 5) is 10.3. The first-order chi connectivity index (χ1) is 15.7. The van der Waals surface area contributed by atoms with Gasteiger partial charge in [-0.2, -0.15) is 23.3 Å². The van der Waals surface area contributed by atoms with Gasteiger partial charge in [0, 0.05) is 24.8 Å². The molecule has 1 saturated heterocycles. The molecular formula is C21H27F3N8O. The van der Waals surface area contributed by atoms with E-state index in [1.165, 1.54) is 0 Å². The van der Waals surface area contributed by atoms with E-state index < -0.39 is 12.1 Å². The van der Waals surface area contributed by atoms with Gasteiger partial charge in [0.1, 0.15) is 23.6 Å². The molecule has 3 aromatic rings. The summed E-state index contributed by atoms with van der Waals surface area (Å²) in [5.74, 6) is 0.581. The fraction of sp³-hybridized carbons (Fsp3) is 0.524. The van der Waals surface area contributed by atoms with Gasteiger partial charge in [-0.3, -0.25) is 0 Å². The zero-order valence-corrected chi connectivity index (χ0v) is 19.0. The maximum absolute atomic E-state index is 13.3. The minimum Gasteiger partial charge on any atom is -0.494 e. The summed E-state index contributed by atoms with van der Waals surface area (Å²) < 4.78 is 48.7. The number of hydrogen-bond donors (Lipinski definition) is 1. The number of nitrogens with zero attached hydrogens (tertiary/aromatic N) is 7. The predicted octanol–water partition coefficient (Wildman–Crippen LogP) is 4.28. The molecule has 0 bridgehead atoms. The molecule has 0 amide bonds. The van der Waals surface area contributed by atoms with E-state index in [1.807, 2.05) is 26.0 Å². The number of nitrogens with one attached hydrogen (secondary N) is 1. The molecule has 33 heavy (non-hydrogen) atoms. The standard InChI is InChI=1S/C21H27F3N8O/c1-13(2)32-20(30-9-5-6-15(11-30)21(22,23)24)27-19(29-32)26-16-7-8-17(18(10-16)33-4)31-12-25-14(3)28-31/h7-8,10,12-13,15H,5-6,9,11H2,1-4H3,(H,26,29). The summed E-state index contributed by atoms with van der Waals surface area (Å²) in [5.41, 5.74) is 1.39. The summed E-state index contributed by atoms with van der Waals surface area (Å²) in [7, 11) is 1.56. The van der Waals surface area contributed by atoms with Crippen molar-refractivity contribution in [1.82, 2.24) is 29.5 Å². The van der Waals surface area contributed by atoms with Gasteiger partial charge in [0.25, 0.3) is 0 Å². The maximum atomic E-state index is 13.3. The molecule has 178 valence electrons. The van der Waals surface area contributed by atoms with E-state index in [-0.39, 0.29) is 19.0 Å². The Balaban J connectivity index is 1.59. The molecule has 1 fully saturated rings. The number of halogens is 3. The van der Waals surface area contributed by atoms with Crippen molar-refractivity contribution in [3.63, 3.8) is 0 Å². The molecule has 1 aliphatic rings. The van der Waals surface area contributed by atoms with Gasteiger partial charge in [-0.15, -0.1) is 5.10 Å². The molecule has 1 N–H and O–H groups in total. The van der Waals surface area contributed by atoms with Crippen LogP contribution < -0.4 is 15.0 Å². The zero-order valence-electron chi connectivity index (χ0n) is 19.0. The second kappa shape index (κ2) is 8.91. The van der Waals surface area contributed by atoms with E-state index in [1.54, 1.807) is 40.7 Å². The molecule has 12 heteroatoms. The first-order valence-electron chi connectivity index (χ1n) is 10.8. The van der Waals surface area contributed by atoms with E-state index >= 15 is 0 Å². The number of benzene rings is 1. The van der Waals surface area contributed by atoms with Gasteiger partial charge in [-0.25, -0.2) is 14.3 Å². The van der Waals surface area contributed by atoms with Crippen molar-refractivity contribution in [2.24, 2.45) is 5.92 Å². The first-order valence-corrected chi connectivity index (χ1v) is 10.8. The molecule has 2 aromatic heterocycles. The summed E-state index contributed by atoms with van der Waals surface area (Å²) in [6.07, 6.45) is -2.02. The lowest BCUT2D eigenvalue weighted by Crippen LogP contribution is -2.43. The van der Waals surface area contributed by atoms with Gasteiger partial charge >= 0.3 is 6.18 Å². The summed E-state index contributed by atoms with van der Waals surface area (Å²) in [5, 5.41) is 12.0. The second-order valence-electron chi connectivity index (χ2n) is 8.35. The van der Waals surface area contributed by atoms with Gasteiger partial charge in [0.15, 0.2) is 0 Å². The van der Waals surface area contributed by atoms with Crippen molar-refractivity contribution in [3.05, 3.63) is 30.4 Å². The number of methoxy groups -OCH3 is 1. The van der Waals surface area contributed by atoms with E-state index in [4.69, 9.17) is 4.74 Å². The van der Waals surface area contributed by atoms with Crippen LogP contribution in [0.2, 0.25) is 0 Å². The topological polar surface area (TPSA) is 85.9 Å². The van der Waals surface area contributed by atoms with E-state index in [9.17, 15) is 13.2 Å². The van der Waals surface area contributed by atoms with Gasteiger partial charge in [0.05, 0.1) is 19.1 Å². The largest absolute Gasteiger partial charge is 0.494 e. The molecule has 3 heterocycles. The van der Waals surface area contributed by atoms with Crippen LogP contribution in [0.25, 0.3) is 5.69 Å². The predicted molar refractivity (Wildman–Crippen MR) is 117 cm³/mol. The van der Waals surface area contributed by atoms with Crippen molar-refractivity contribution in [2.45, 2.75) is 45.8 Å². The van der Waals surface area contributed by atoms with Crippen LogP contribution in [0.15, 0.2) is 24.5 Å². The highest BCUT2D eigenvalue weighted by Crippen LogP contribution is 2.35. The van der Waals surface area contributed by atoms with Crippen molar-refractivity contribution < 1.29 is 17.9 Å². The lowest BCUT2D eigenvalue weighted by Gasteiger charge is -2.34. The molecule has 4 rings (SSSR count). The zero-order chi connectivity index (χ0) is 23.8. The summed E-state index contributed by atoms with van der Waals surface area (Å²) in [6.45, 7) is 6.04. The van der Waals surface area contributed by atoms with Crippen LogP contribution in [0.1, 0.15) is 38.6 Å². The number of piperidine rings is 1. The normalized spacial score (nSPS) is 17.0. The highest BCUT2D eigenvalue weighted by Gasteiger charge is 2.42. The lowest BCUT2D eigenvalue weighted by atomic mass is 9.98. The van der Waals surface area contributed by atoms with Gasteiger partial charge in [-0.05, 0) is 45.7 Å². The third-order valence-corrected chi connectivity index (χ3v) is 5.56. The molecule has 0 aliphatic carbocycles. The van der Waals surface area contributed by atoms with Crippen molar-refractivity contribution in [2.75, 3.05) is 30.4 Å². The third kappa shape index (κ3) is 4.88. The third-order valence-electron chi connectivity index (χ3n) is 5.56. The number of ether oxygens (including phenoxy) is 1. The van der Waals surface area contributed by atoms with E-state index in [0.29, 0.717) is 42.1 Å². The minimum absolute atomic E-state index is 0.0678. The van der Waals surface area contributed by atoms with Crippen LogP contribution in [0.5, 0.6) is 5.75 Å². The number of anilines is 3. The number of alkyl halides is 3. The average molecular weight is 464 g/mol. The SMILES string of the molecule is COc1cc(Nc2nc(N3CCCC(C(F)(F)F)C3)n(C(C)C)n2)ccc1-n1cnc(C)n1. The van der Waals surface area contributed by atoms with Gasteiger partial charge in [0.2, 0.25) is 11.9 Å². The molecule has 0 saturated carbocycles. The van der Waals surface area contributed by atoms with Gasteiger partial charge < -0.3 is 15.0 Å². The smallest absolute Gasteiger partial charge is 0.393 e. The van der Waals surface area contributed by atoms with Crippen LogP contribution in [-0.2, 0) is 0 Å². The van der Waals surface area contributed by atoms with Crippen LogP contribution in [0, 0.1) is 12.8 Å². The molecule has 9 nitrogen and oxygen atoms in total. The van der Waals surface area contributed by atoms with Gasteiger partial charge in [-0.1, -0.05) is 0 Å². The Morgan fingerprint density at radius 1 is 1.21 bits per heavy atom. The molecule has 0 radical (unpaired) electrons. The van der Waals surface area contributed by atoms with Crippen LogP contribution in [0.3, 0.4) is 0 Å². The highest BCUT2D eigenvalue weighted by molar-refractivity contribution is 5.62. The van der Waals surface area contributed by atoms with Crippen molar-refractivity contribution in [1.29, 1.82) is 0 Å². The van der Waals surface area contributed by atoms with Crippen molar-refractivity contribution in [3.8, 4) is 11.4 Å². The summed E-state index contributed by atoms with van der Waals surface area (Å²) in [6, 6.07) is 5.36. The van der Waals surface area contributed by atoms with E-state index in [0.717, 1.165) is 5.69 Å². The van der Waals surface area contributed by atoms with Crippen LogP contribution >= 0.6 is 0 Å². The Kier molecular flexibility index (Phi) is 6.17. The quantitative estimate of drug-likeness (QED) is 0.583. The molecule has 1 unspecified atom stereocenters. The first kappa shape index (κ1) is 22.9. The molecule has 1 atom stereocenters. The number of aryl methyl sites for hydroxylation is 1. The Morgan fingerprint density at radius 3 is 2.64 bits per heavy atom. The Bertz CT molecular complexity index is 1110. The maximum Gasteiger partial charge on any atom is 0.393 e. The van der Waals surface area contributed by atoms with Crippen LogP contribution in [0.4, 0.5) is 30.8 Å². The Labute approximate surface area is 189 Å². The van der Waals surface area contributed by atoms with E-state index in [2.05, 4.69) is 25.5 Å². The summed E-state index contributed by atoms with van der Waals surface area (Å²) >= 11 is 0. The number of hydrogen-bond acceptors (Lipinski definition) is 7.